The minimum Gasteiger partial charge on any atom is -0.376 e. The number of rotatable bonds is 9. The van der Waals surface area contributed by atoms with Crippen LogP contribution in [0, 0.1) is 5.92 Å². The molecule has 35 heavy (non-hydrogen) atoms. The Balaban J connectivity index is 1.43. The molecule has 0 unspecified atom stereocenters. The molecule has 2 fully saturated rings. The van der Waals surface area contributed by atoms with Crippen molar-refractivity contribution in [1.29, 1.82) is 0 Å². The van der Waals surface area contributed by atoms with Crippen LogP contribution in [0.2, 0.25) is 0 Å². The lowest BCUT2D eigenvalue weighted by Crippen LogP contribution is -2.41. The van der Waals surface area contributed by atoms with E-state index in [4.69, 9.17) is 4.74 Å². The number of hydrogen-bond donors (Lipinski definition) is 1. The van der Waals surface area contributed by atoms with Crippen molar-refractivity contribution in [2.45, 2.75) is 58.1 Å². The summed E-state index contributed by atoms with van der Waals surface area (Å²) in [5.74, 6) is 0.354. The predicted molar refractivity (Wildman–Crippen MR) is 134 cm³/mol. The fourth-order valence-electron chi connectivity index (χ4n) is 5.01. The lowest BCUT2D eigenvalue weighted by molar-refractivity contribution is -0.114. The van der Waals surface area contributed by atoms with Crippen molar-refractivity contribution in [3.8, 4) is 0 Å². The largest absolute Gasteiger partial charge is 0.376 e. The summed E-state index contributed by atoms with van der Waals surface area (Å²) in [6.45, 7) is 4.28. The van der Waals surface area contributed by atoms with E-state index in [1.807, 2.05) is 33.7 Å². The van der Waals surface area contributed by atoms with Crippen LogP contribution in [0.1, 0.15) is 55.1 Å². The molecule has 1 N–H and O–H groups in total. The van der Waals surface area contributed by atoms with Gasteiger partial charge in [-0.15, -0.1) is 0 Å². The van der Waals surface area contributed by atoms with Crippen molar-refractivity contribution >= 4 is 28.5 Å². The van der Waals surface area contributed by atoms with Crippen LogP contribution in [0.4, 0.5) is 5.69 Å². The average molecular weight is 476 g/mol. The van der Waals surface area contributed by atoms with Crippen molar-refractivity contribution in [2.75, 3.05) is 25.0 Å². The number of carbonyl (C=O) groups is 2. The maximum Gasteiger partial charge on any atom is 0.254 e. The second kappa shape index (κ2) is 10.6. The quantitative estimate of drug-likeness (QED) is 0.504. The van der Waals surface area contributed by atoms with Crippen LogP contribution in [0.3, 0.4) is 0 Å². The highest BCUT2D eigenvalue weighted by atomic mass is 16.5. The number of amides is 2. The Morgan fingerprint density at radius 2 is 2.03 bits per heavy atom. The lowest BCUT2D eigenvalue weighted by atomic mass is 9.85. The van der Waals surface area contributed by atoms with Crippen molar-refractivity contribution in [2.24, 2.45) is 5.92 Å². The van der Waals surface area contributed by atoms with E-state index in [2.05, 4.69) is 15.3 Å². The Labute approximate surface area is 205 Å². The molecule has 1 aliphatic heterocycles. The van der Waals surface area contributed by atoms with Crippen LogP contribution in [0.15, 0.2) is 42.9 Å². The third kappa shape index (κ3) is 5.53. The number of carbonyl (C=O) groups excluding carboxylic acids is 2. The van der Waals surface area contributed by atoms with Gasteiger partial charge in [0.05, 0.1) is 29.2 Å². The molecule has 8 heteroatoms. The first-order chi connectivity index (χ1) is 17.1. The van der Waals surface area contributed by atoms with Gasteiger partial charge in [-0.05, 0) is 55.9 Å². The minimum absolute atomic E-state index is 0.0241. The number of imidazole rings is 1. The second-order valence-corrected chi connectivity index (χ2v) is 9.72. The maximum absolute atomic E-state index is 13.7. The van der Waals surface area contributed by atoms with E-state index in [0.717, 1.165) is 43.6 Å². The van der Waals surface area contributed by atoms with E-state index in [1.165, 1.54) is 26.2 Å². The van der Waals surface area contributed by atoms with Gasteiger partial charge in [0.2, 0.25) is 5.91 Å². The molecule has 2 amide bonds. The normalized spacial score (nSPS) is 17.9. The molecule has 2 aliphatic rings. The standard InChI is InChI=1S/C27H33N5O3/c1-19(33)30-25-15-21(27(34)32(16-20-6-4-7-20)17-23-9-5-13-35-23)14-24-26(25)31(18-29-24)12-10-22-8-2-3-11-28-22/h2-3,8,11,14-15,18,20,23H,4-7,9-10,12-13,16-17H2,1H3,(H,30,33)/t23-/m1/s1. The molecule has 0 radical (unpaired) electrons. The minimum atomic E-state index is -0.181. The van der Waals surface area contributed by atoms with Gasteiger partial charge in [-0.3, -0.25) is 14.6 Å². The molecule has 5 rings (SSSR count). The zero-order valence-corrected chi connectivity index (χ0v) is 20.3. The van der Waals surface area contributed by atoms with E-state index >= 15 is 0 Å². The highest BCUT2D eigenvalue weighted by Crippen LogP contribution is 2.30. The Bertz CT molecular complexity index is 1180. The molecule has 184 valence electrons. The third-order valence-corrected chi connectivity index (χ3v) is 7.04. The van der Waals surface area contributed by atoms with E-state index < -0.39 is 0 Å². The Morgan fingerprint density at radius 3 is 2.71 bits per heavy atom. The van der Waals surface area contributed by atoms with Gasteiger partial charge in [-0.25, -0.2) is 4.98 Å². The summed E-state index contributed by atoms with van der Waals surface area (Å²) in [7, 11) is 0. The van der Waals surface area contributed by atoms with Gasteiger partial charge in [0.25, 0.3) is 5.91 Å². The third-order valence-electron chi connectivity index (χ3n) is 7.04. The molecule has 3 aromatic rings. The summed E-state index contributed by atoms with van der Waals surface area (Å²) in [5, 5.41) is 2.93. The SMILES string of the molecule is CC(=O)Nc1cc(C(=O)N(CC2CCC2)C[C@H]2CCCO2)cc2ncn(CCc3ccccn3)c12. The Hall–Kier alpha value is -3.26. The monoisotopic (exact) mass is 475 g/mol. The first-order valence-corrected chi connectivity index (χ1v) is 12.6. The molecule has 1 aromatic carbocycles. The number of ether oxygens (including phenoxy) is 1. The van der Waals surface area contributed by atoms with Crippen molar-refractivity contribution in [3.05, 3.63) is 54.1 Å². The molecule has 8 nitrogen and oxygen atoms in total. The molecule has 0 bridgehead atoms. The van der Waals surface area contributed by atoms with Gasteiger partial charge >= 0.3 is 0 Å². The summed E-state index contributed by atoms with van der Waals surface area (Å²) < 4.78 is 7.86. The highest BCUT2D eigenvalue weighted by Gasteiger charge is 2.29. The molecule has 3 heterocycles. The van der Waals surface area contributed by atoms with E-state index in [0.29, 0.717) is 35.8 Å². The fraction of sp³-hybridized carbons (Fsp3) is 0.481. The van der Waals surface area contributed by atoms with Crippen LogP contribution in [0.25, 0.3) is 11.0 Å². The van der Waals surface area contributed by atoms with Gasteiger partial charge in [-0.2, -0.15) is 0 Å². The number of benzene rings is 1. The van der Waals surface area contributed by atoms with E-state index in [1.54, 1.807) is 18.6 Å². The number of fused-ring (bicyclic) bond motifs is 1. The predicted octanol–water partition coefficient (Wildman–Crippen LogP) is 4.05. The zero-order valence-electron chi connectivity index (χ0n) is 20.3. The molecule has 1 saturated carbocycles. The Morgan fingerprint density at radius 1 is 1.14 bits per heavy atom. The molecule has 1 saturated heterocycles. The number of pyridine rings is 1. The lowest BCUT2D eigenvalue weighted by Gasteiger charge is -2.33. The van der Waals surface area contributed by atoms with Gasteiger partial charge in [0.15, 0.2) is 0 Å². The van der Waals surface area contributed by atoms with Crippen molar-refractivity contribution in [1.82, 2.24) is 19.4 Å². The molecule has 0 spiro atoms. The summed E-state index contributed by atoms with van der Waals surface area (Å²) in [4.78, 5) is 36.7. The topological polar surface area (TPSA) is 89.4 Å². The van der Waals surface area contributed by atoms with Crippen LogP contribution in [0.5, 0.6) is 0 Å². The van der Waals surface area contributed by atoms with Gasteiger partial charge in [0.1, 0.15) is 0 Å². The van der Waals surface area contributed by atoms with Gasteiger partial charge in [-0.1, -0.05) is 12.5 Å². The number of anilines is 1. The van der Waals surface area contributed by atoms with E-state index in [-0.39, 0.29) is 17.9 Å². The fourth-order valence-corrected chi connectivity index (χ4v) is 5.01. The summed E-state index contributed by atoms with van der Waals surface area (Å²) in [6.07, 6.45) is 10.0. The van der Waals surface area contributed by atoms with Crippen LogP contribution in [-0.4, -0.2) is 57.0 Å². The first-order valence-electron chi connectivity index (χ1n) is 12.6. The maximum atomic E-state index is 13.7. The van der Waals surface area contributed by atoms with Crippen molar-refractivity contribution in [3.63, 3.8) is 0 Å². The van der Waals surface area contributed by atoms with E-state index in [9.17, 15) is 9.59 Å². The number of nitrogens with zero attached hydrogens (tertiary/aromatic N) is 4. The Kier molecular flexibility index (Phi) is 7.08. The number of aromatic nitrogens is 3. The molecular weight excluding hydrogens is 442 g/mol. The molecule has 1 aliphatic carbocycles. The van der Waals surface area contributed by atoms with Gasteiger partial charge in [0, 0.05) is 57.0 Å². The van der Waals surface area contributed by atoms with Crippen LogP contribution >= 0.6 is 0 Å². The molecular formula is C27H33N5O3. The van der Waals surface area contributed by atoms with Crippen LogP contribution < -0.4 is 5.32 Å². The summed E-state index contributed by atoms with van der Waals surface area (Å²) >= 11 is 0. The number of nitrogens with one attached hydrogen (secondary N) is 1. The molecule has 1 atom stereocenters. The average Bonchev–Trinajstić information content (AvgIpc) is 3.49. The number of aryl methyl sites for hydroxylation is 2. The smallest absolute Gasteiger partial charge is 0.254 e. The van der Waals surface area contributed by atoms with Crippen LogP contribution in [-0.2, 0) is 22.5 Å². The van der Waals surface area contributed by atoms with Crippen molar-refractivity contribution < 1.29 is 14.3 Å². The summed E-state index contributed by atoms with van der Waals surface area (Å²) in [5.41, 5.74) is 3.66. The highest BCUT2D eigenvalue weighted by molar-refractivity contribution is 6.05. The summed E-state index contributed by atoms with van der Waals surface area (Å²) in [6, 6.07) is 9.52. The zero-order chi connectivity index (χ0) is 24.2. The first kappa shape index (κ1) is 23.5. The molecule has 2 aromatic heterocycles. The second-order valence-electron chi connectivity index (χ2n) is 9.72. The number of hydrogen-bond acceptors (Lipinski definition) is 5. The van der Waals surface area contributed by atoms with Gasteiger partial charge < -0.3 is 19.5 Å².